The molecule has 1 amide bonds. The maximum atomic E-state index is 13.6. The van der Waals surface area contributed by atoms with E-state index in [0.717, 1.165) is 6.07 Å². The summed E-state index contributed by atoms with van der Waals surface area (Å²) in [5, 5.41) is 2.67. The second kappa shape index (κ2) is 5.26. The molecule has 1 fully saturated rings. The van der Waals surface area contributed by atoms with E-state index >= 15 is 0 Å². The average Bonchev–Trinajstić information content (AvgIpc) is 2.77. The molecule has 1 atom stereocenters. The lowest BCUT2D eigenvalue weighted by Gasteiger charge is -2.17. The van der Waals surface area contributed by atoms with Crippen molar-refractivity contribution in [2.24, 2.45) is 0 Å². The van der Waals surface area contributed by atoms with Gasteiger partial charge in [-0.3, -0.25) is 4.79 Å². The summed E-state index contributed by atoms with van der Waals surface area (Å²) in [7, 11) is -3.83. The SMILES string of the molecule is CC(=O)NC1CCN(S(=O)(=O)c2ccccc2F)C1. The molecule has 0 aliphatic carbocycles. The minimum atomic E-state index is -3.83. The Morgan fingerprint density at radius 3 is 2.74 bits per heavy atom. The third-order valence-electron chi connectivity index (χ3n) is 3.01. The third-order valence-corrected chi connectivity index (χ3v) is 4.91. The van der Waals surface area contributed by atoms with Crippen molar-refractivity contribution in [3.05, 3.63) is 30.1 Å². The van der Waals surface area contributed by atoms with Crippen molar-refractivity contribution < 1.29 is 17.6 Å². The van der Waals surface area contributed by atoms with Gasteiger partial charge in [-0.25, -0.2) is 12.8 Å². The van der Waals surface area contributed by atoms with Gasteiger partial charge in [0.15, 0.2) is 0 Å². The van der Waals surface area contributed by atoms with Gasteiger partial charge in [-0.2, -0.15) is 4.31 Å². The Kier molecular flexibility index (Phi) is 3.86. The molecule has 0 radical (unpaired) electrons. The predicted molar refractivity (Wildman–Crippen MR) is 67.4 cm³/mol. The minimum Gasteiger partial charge on any atom is -0.352 e. The number of benzene rings is 1. The van der Waals surface area contributed by atoms with Crippen LogP contribution in [-0.4, -0.2) is 37.8 Å². The quantitative estimate of drug-likeness (QED) is 0.890. The van der Waals surface area contributed by atoms with Crippen LogP contribution in [0.1, 0.15) is 13.3 Å². The highest BCUT2D eigenvalue weighted by atomic mass is 32.2. The van der Waals surface area contributed by atoms with Crippen LogP contribution < -0.4 is 5.32 Å². The molecule has 0 aromatic heterocycles. The van der Waals surface area contributed by atoms with E-state index in [-0.39, 0.29) is 29.9 Å². The zero-order valence-electron chi connectivity index (χ0n) is 10.5. The lowest BCUT2D eigenvalue weighted by molar-refractivity contribution is -0.119. The molecule has 0 bridgehead atoms. The fraction of sp³-hybridized carbons (Fsp3) is 0.417. The summed E-state index contributed by atoms with van der Waals surface area (Å²) < 4.78 is 39.3. The van der Waals surface area contributed by atoms with Gasteiger partial charge in [0.2, 0.25) is 15.9 Å². The van der Waals surface area contributed by atoms with E-state index in [1.165, 1.54) is 29.4 Å². The van der Waals surface area contributed by atoms with E-state index in [9.17, 15) is 17.6 Å². The number of rotatable bonds is 3. The zero-order chi connectivity index (χ0) is 14.0. The van der Waals surface area contributed by atoms with Crippen LogP contribution in [0.4, 0.5) is 4.39 Å². The molecule has 19 heavy (non-hydrogen) atoms. The summed E-state index contributed by atoms with van der Waals surface area (Å²) in [6.07, 6.45) is 0.535. The van der Waals surface area contributed by atoms with Crippen molar-refractivity contribution >= 4 is 15.9 Å². The molecule has 104 valence electrons. The van der Waals surface area contributed by atoms with Gasteiger partial charge >= 0.3 is 0 Å². The standard InChI is InChI=1S/C12H15FN2O3S/c1-9(16)14-10-6-7-15(8-10)19(17,18)12-5-3-2-4-11(12)13/h2-5,10H,6-8H2,1H3,(H,14,16). The third kappa shape index (κ3) is 2.93. The van der Waals surface area contributed by atoms with Crippen molar-refractivity contribution in [3.63, 3.8) is 0 Å². The number of nitrogens with one attached hydrogen (secondary N) is 1. The van der Waals surface area contributed by atoms with Crippen molar-refractivity contribution in [1.82, 2.24) is 9.62 Å². The minimum absolute atomic E-state index is 0.177. The first-order valence-electron chi connectivity index (χ1n) is 5.93. The number of nitrogens with zero attached hydrogens (tertiary/aromatic N) is 1. The number of carbonyl (C=O) groups is 1. The van der Waals surface area contributed by atoms with Gasteiger partial charge in [0, 0.05) is 26.1 Å². The zero-order valence-corrected chi connectivity index (χ0v) is 11.3. The van der Waals surface area contributed by atoms with Crippen molar-refractivity contribution in [1.29, 1.82) is 0 Å². The van der Waals surface area contributed by atoms with Gasteiger partial charge in [-0.05, 0) is 18.6 Å². The maximum absolute atomic E-state index is 13.6. The van der Waals surface area contributed by atoms with Crippen LogP contribution in [0.25, 0.3) is 0 Å². The Morgan fingerprint density at radius 1 is 1.42 bits per heavy atom. The Labute approximate surface area is 111 Å². The van der Waals surface area contributed by atoms with Gasteiger partial charge in [-0.15, -0.1) is 0 Å². The first-order chi connectivity index (χ1) is 8.91. The molecule has 1 aliphatic heterocycles. The molecule has 1 heterocycles. The topological polar surface area (TPSA) is 66.5 Å². The Hall–Kier alpha value is -1.47. The van der Waals surface area contributed by atoms with Crippen LogP contribution >= 0.6 is 0 Å². The fourth-order valence-corrected chi connectivity index (χ4v) is 3.71. The van der Waals surface area contributed by atoms with Gasteiger partial charge in [0.05, 0.1) is 0 Å². The number of amides is 1. The first kappa shape index (κ1) is 14.0. The largest absolute Gasteiger partial charge is 0.352 e. The number of halogens is 1. The lowest BCUT2D eigenvalue weighted by Crippen LogP contribution is -2.37. The Morgan fingerprint density at radius 2 is 2.11 bits per heavy atom. The maximum Gasteiger partial charge on any atom is 0.246 e. The number of carbonyl (C=O) groups excluding carboxylic acids is 1. The number of hydrogen-bond donors (Lipinski definition) is 1. The van der Waals surface area contributed by atoms with Crippen LogP contribution in [0.5, 0.6) is 0 Å². The molecular weight excluding hydrogens is 271 g/mol. The van der Waals surface area contributed by atoms with Gasteiger partial charge in [0.1, 0.15) is 10.7 Å². The summed E-state index contributed by atoms with van der Waals surface area (Å²) in [4.78, 5) is 10.6. The van der Waals surface area contributed by atoms with E-state index in [1.807, 2.05) is 0 Å². The van der Waals surface area contributed by atoms with Crippen LogP contribution in [0.3, 0.4) is 0 Å². The Balaban J connectivity index is 2.19. The molecule has 1 unspecified atom stereocenters. The number of hydrogen-bond acceptors (Lipinski definition) is 3. The highest BCUT2D eigenvalue weighted by molar-refractivity contribution is 7.89. The van der Waals surface area contributed by atoms with Crippen molar-refractivity contribution in [3.8, 4) is 0 Å². The first-order valence-corrected chi connectivity index (χ1v) is 7.37. The second-order valence-corrected chi connectivity index (χ2v) is 6.39. The summed E-state index contributed by atoms with van der Waals surface area (Å²) in [5.74, 6) is -0.958. The van der Waals surface area contributed by atoms with Gasteiger partial charge in [-0.1, -0.05) is 12.1 Å². The molecule has 2 rings (SSSR count). The molecule has 1 aromatic carbocycles. The van der Waals surface area contributed by atoms with Crippen LogP contribution in [0, 0.1) is 5.82 Å². The second-order valence-electron chi connectivity index (χ2n) is 4.48. The normalized spacial score (nSPS) is 20.4. The number of sulfonamides is 1. The van der Waals surface area contributed by atoms with Crippen LogP contribution in [-0.2, 0) is 14.8 Å². The molecule has 5 nitrogen and oxygen atoms in total. The van der Waals surface area contributed by atoms with Gasteiger partial charge < -0.3 is 5.32 Å². The molecular formula is C12H15FN2O3S. The highest BCUT2D eigenvalue weighted by Crippen LogP contribution is 2.23. The molecule has 1 aliphatic rings. The van der Waals surface area contributed by atoms with E-state index in [0.29, 0.717) is 6.42 Å². The molecule has 1 N–H and O–H groups in total. The van der Waals surface area contributed by atoms with Crippen LogP contribution in [0.2, 0.25) is 0 Å². The van der Waals surface area contributed by atoms with E-state index < -0.39 is 15.8 Å². The molecule has 1 aromatic rings. The Bertz CT molecular complexity index is 588. The summed E-state index contributed by atoms with van der Waals surface area (Å²) in [6, 6.07) is 5.08. The van der Waals surface area contributed by atoms with Crippen molar-refractivity contribution in [2.45, 2.75) is 24.3 Å². The van der Waals surface area contributed by atoms with E-state index in [4.69, 9.17) is 0 Å². The molecule has 0 saturated carbocycles. The van der Waals surface area contributed by atoms with E-state index in [2.05, 4.69) is 5.32 Å². The molecule has 1 saturated heterocycles. The summed E-state index contributed by atoms with van der Waals surface area (Å²) >= 11 is 0. The summed E-state index contributed by atoms with van der Waals surface area (Å²) in [5.41, 5.74) is 0. The monoisotopic (exact) mass is 286 g/mol. The fourth-order valence-electron chi connectivity index (χ4n) is 2.14. The summed E-state index contributed by atoms with van der Waals surface area (Å²) in [6.45, 7) is 1.84. The van der Waals surface area contributed by atoms with E-state index in [1.54, 1.807) is 0 Å². The van der Waals surface area contributed by atoms with Gasteiger partial charge in [0.25, 0.3) is 0 Å². The predicted octanol–water partition coefficient (Wildman–Crippen LogP) is 0.725. The van der Waals surface area contributed by atoms with Crippen molar-refractivity contribution in [2.75, 3.05) is 13.1 Å². The highest BCUT2D eigenvalue weighted by Gasteiger charge is 2.34. The van der Waals surface area contributed by atoms with Crippen LogP contribution in [0.15, 0.2) is 29.2 Å². The molecule has 0 spiro atoms. The average molecular weight is 286 g/mol. The smallest absolute Gasteiger partial charge is 0.246 e. The lowest BCUT2D eigenvalue weighted by atomic mass is 10.3. The molecule has 7 heteroatoms.